The van der Waals surface area contributed by atoms with Gasteiger partial charge in [-0.25, -0.2) is 0 Å². The lowest BCUT2D eigenvalue weighted by Crippen LogP contribution is -2.45. The Hall–Kier alpha value is -1.10. The Morgan fingerprint density at radius 2 is 2.11 bits per heavy atom. The Kier molecular flexibility index (Phi) is 3.90. The van der Waals surface area contributed by atoms with Gasteiger partial charge < -0.3 is 15.2 Å². The second-order valence-electron chi connectivity index (χ2n) is 5.53. The zero-order valence-corrected chi connectivity index (χ0v) is 10.8. The van der Waals surface area contributed by atoms with E-state index < -0.39 is 5.97 Å². The first kappa shape index (κ1) is 13.3. The van der Waals surface area contributed by atoms with Gasteiger partial charge >= 0.3 is 5.97 Å². The van der Waals surface area contributed by atoms with Crippen LogP contribution in [0.2, 0.25) is 0 Å². The van der Waals surface area contributed by atoms with Crippen LogP contribution < -0.4 is 5.32 Å². The van der Waals surface area contributed by atoms with E-state index in [1.54, 1.807) is 7.11 Å². The molecule has 2 saturated carbocycles. The molecule has 18 heavy (non-hydrogen) atoms. The van der Waals surface area contributed by atoms with Crippen molar-refractivity contribution in [1.29, 1.82) is 0 Å². The molecule has 102 valence electrons. The van der Waals surface area contributed by atoms with Crippen LogP contribution in [0.3, 0.4) is 0 Å². The van der Waals surface area contributed by atoms with E-state index in [9.17, 15) is 9.59 Å². The number of methoxy groups -OCH3 is 1. The minimum absolute atomic E-state index is 0.00686. The standard InChI is InChI=1S/C13H21NO4/c1-18-13(5-2-6-13)8-11(15)14-10-4-3-9(7-10)12(16)17/h9-10H,2-8H2,1H3,(H,14,15)(H,16,17). The van der Waals surface area contributed by atoms with Crippen molar-refractivity contribution in [2.45, 2.75) is 56.6 Å². The number of carbonyl (C=O) groups excluding carboxylic acids is 1. The molecule has 0 radical (unpaired) electrons. The van der Waals surface area contributed by atoms with Crippen molar-refractivity contribution in [1.82, 2.24) is 5.32 Å². The lowest BCUT2D eigenvalue weighted by atomic mass is 9.77. The predicted octanol–water partition coefficient (Wildman–Crippen LogP) is 1.32. The number of rotatable bonds is 5. The molecule has 0 aliphatic heterocycles. The molecule has 0 aromatic rings. The second kappa shape index (κ2) is 5.26. The van der Waals surface area contributed by atoms with Crippen LogP contribution in [0, 0.1) is 5.92 Å². The molecule has 2 fully saturated rings. The summed E-state index contributed by atoms with van der Waals surface area (Å²) in [5.74, 6) is -1.05. The Morgan fingerprint density at radius 1 is 1.39 bits per heavy atom. The van der Waals surface area contributed by atoms with Crippen molar-refractivity contribution in [3.8, 4) is 0 Å². The van der Waals surface area contributed by atoms with Crippen LogP contribution in [0.5, 0.6) is 0 Å². The summed E-state index contributed by atoms with van der Waals surface area (Å²) in [6.45, 7) is 0. The van der Waals surface area contributed by atoms with E-state index in [0.29, 0.717) is 19.3 Å². The van der Waals surface area contributed by atoms with Crippen LogP contribution in [-0.2, 0) is 14.3 Å². The molecule has 5 nitrogen and oxygen atoms in total. The molecule has 0 aromatic heterocycles. The average Bonchev–Trinajstić information content (AvgIpc) is 2.72. The molecular weight excluding hydrogens is 234 g/mol. The van der Waals surface area contributed by atoms with Crippen molar-refractivity contribution in [2.75, 3.05) is 7.11 Å². The van der Waals surface area contributed by atoms with Gasteiger partial charge in [-0.3, -0.25) is 9.59 Å². The van der Waals surface area contributed by atoms with Crippen LogP contribution >= 0.6 is 0 Å². The lowest BCUT2D eigenvalue weighted by molar-refractivity contribution is -0.142. The van der Waals surface area contributed by atoms with E-state index in [-0.39, 0.29) is 23.5 Å². The number of hydrogen-bond acceptors (Lipinski definition) is 3. The molecular formula is C13H21NO4. The smallest absolute Gasteiger partial charge is 0.306 e. The highest BCUT2D eigenvalue weighted by molar-refractivity contribution is 5.78. The van der Waals surface area contributed by atoms with E-state index >= 15 is 0 Å². The minimum Gasteiger partial charge on any atom is -0.481 e. The van der Waals surface area contributed by atoms with Gasteiger partial charge in [0, 0.05) is 13.2 Å². The summed E-state index contributed by atoms with van der Waals surface area (Å²) in [5, 5.41) is 11.8. The van der Waals surface area contributed by atoms with E-state index in [1.807, 2.05) is 0 Å². The normalized spacial score (nSPS) is 29.6. The third-order valence-corrected chi connectivity index (χ3v) is 4.33. The quantitative estimate of drug-likeness (QED) is 0.776. The first-order chi connectivity index (χ1) is 8.54. The SMILES string of the molecule is COC1(CC(=O)NC2CCC(C(=O)O)C2)CCC1. The monoisotopic (exact) mass is 255 g/mol. The van der Waals surface area contributed by atoms with E-state index in [4.69, 9.17) is 9.84 Å². The van der Waals surface area contributed by atoms with Crippen LogP contribution in [0.4, 0.5) is 0 Å². The van der Waals surface area contributed by atoms with Crippen molar-refractivity contribution < 1.29 is 19.4 Å². The molecule has 2 rings (SSSR count). The van der Waals surface area contributed by atoms with Gasteiger partial charge in [0.25, 0.3) is 0 Å². The molecule has 2 unspecified atom stereocenters. The fourth-order valence-corrected chi connectivity index (χ4v) is 2.93. The fraction of sp³-hybridized carbons (Fsp3) is 0.846. The summed E-state index contributed by atoms with van der Waals surface area (Å²) in [4.78, 5) is 22.7. The summed E-state index contributed by atoms with van der Waals surface area (Å²) >= 11 is 0. The Balaban J connectivity index is 1.77. The van der Waals surface area contributed by atoms with Crippen molar-refractivity contribution in [3.63, 3.8) is 0 Å². The lowest BCUT2D eigenvalue weighted by Gasteiger charge is -2.40. The molecule has 2 aliphatic rings. The molecule has 5 heteroatoms. The van der Waals surface area contributed by atoms with E-state index in [1.165, 1.54) is 0 Å². The molecule has 0 spiro atoms. The highest BCUT2D eigenvalue weighted by Crippen LogP contribution is 2.38. The number of carboxylic acids is 1. The first-order valence-electron chi connectivity index (χ1n) is 6.62. The number of aliphatic carboxylic acids is 1. The number of carbonyl (C=O) groups is 2. The molecule has 2 N–H and O–H groups in total. The van der Waals surface area contributed by atoms with Crippen LogP contribution in [0.25, 0.3) is 0 Å². The zero-order valence-electron chi connectivity index (χ0n) is 10.8. The van der Waals surface area contributed by atoms with Crippen molar-refractivity contribution >= 4 is 11.9 Å². The molecule has 0 saturated heterocycles. The highest BCUT2D eigenvalue weighted by atomic mass is 16.5. The van der Waals surface area contributed by atoms with Crippen LogP contribution in [0.1, 0.15) is 44.9 Å². The number of hydrogen-bond donors (Lipinski definition) is 2. The summed E-state index contributed by atoms with van der Waals surface area (Å²) in [6.07, 6.45) is 5.39. The van der Waals surface area contributed by atoms with E-state index in [2.05, 4.69) is 5.32 Å². The fourth-order valence-electron chi connectivity index (χ4n) is 2.93. The molecule has 2 atom stereocenters. The van der Waals surface area contributed by atoms with Gasteiger partial charge in [-0.05, 0) is 38.5 Å². The Bertz CT molecular complexity index is 332. The predicted molar refractivity (Wildman–Crippen MR) is 65.1 cm³/mol. The maximum absolute atomic E-state index is 11.9. The third-order valence-electron chi connectivity index (χ3n) is 4.33. The topological polar surface area (TPSA) is 75.6 Å². The molecule has 0 heterocycles. The maximum atomic E-state index is 11.9. The second-order valence-corrected chi connectivity index (χ2v) is 5.53. The number of ether oxygens (including phenoxy) is 1. The number of amides is 1. The summed E-state index contributed by atoms with van der Waals surface area (Å²) in [7, 11) is 1.66. The molecule has 2 aliphatic carbocycles. The Morgan fingerprint density at radius 3 is 2.56 bits per heavy atom. The highest BCUT2D eigenvalue weighted by Gasteiger charge is 2.40. The number of nitrogens with one attached hydrogen (secondary N) is 1. The first-order valence-corrected chi connectivity index (χ1v) is 6.62. The molecule has 0 bridgehead atoms. The Labute approximate surface area is 107 Å². The van der Waals surface area contributed by atoms with Crippen molar-refractivity contribution in [2.24, 2.45) is 5.92 Å². The van der Waals surface area contributed by atoms with Gasteiger partial charge in [-0.2, -0.15) is 0 Å². The van der Waals surface area contributed by atoms with E-state index in [0.717, 1.165) is 25.7 Å². The maximum Gasteiger partial charge on any atom is 0.306 e. The molecule has 1 amide bonds. The number of carboxylic acid groups (broad SMARTS) is 1. The summed E-state index contributed by atoms with van der Waals surface area (Å²) < 4.78 is 5.41. The summed E-state index contributed by atoms with van der Waals surface area (Å²) in [5.41, 5.74) is -0.255. The zero-order chi connectivity index (χ0) is 13.2. The van der Waals surface area contributed by atoms with Crippen LogP contribution in [0.15, 0.2) is 0 Å². The van der Waals surface area contributed by atoms with Gasteiger partial charge in [-0.1, -0.05) is 0 Å². The van der Waals surface area contributed by atoms with Gasteiger partial charge in [-0.15, -0.1) is 0 Å². The largest absolute Gasteiger partial charge is 0.481 e. The molecule has 0 aromatic carbocycles. The van der Waals surface area contributed by atoms with Gasteiger partial charge in [0.1, 0.15) is 0 Å². The van der Waals surface area contributed by atoms with Crippen molar-refractivity contribution in [3.05, 3.63) is 0 Å². The van der Waals surface area contributed by atoms with Crippen LogP contribution in [-0.4, -0.2) is 35.7 Å². The van der Waals surface area contributed by atoms with Gasteiger partial charge in [0.05, 0.1) is 17.9 Å². The third kappa shape index (κ3) is 2.83. The minimum atomic E-state index is -0.751. The summed E-state index contributed by atoms with van der Waals surface area (Å²) in [6, 6.07) is 0.0209. The van der Waals surface area contributed by atoms with Gasteiger partial charge in [0.15, 0.2) is 0 Å². The van der Waals surface area contributed by atoms with Gasteiger partial charge in [0.2, 0.25) is 5.91 Å². The average molecular weight is 255 g/mol.